The van der Waals surface area contributed by atoms with Gasteiger partial charge in [-0.05, 0) is 18.9 Å². The van der Waals surface area contributed by atoms with Crippen LogP contribution in [-0.2, 0) is 4.84 Å². The summed E-state index contributed by atoms with van der Waals surface area (Å²) in [5, 5.41) is 0. The molecule has 0 amide bonds. The number of hydrogen-bond donors (Lipinski definition) is 1. The summed E-state index contributed by atoms with van der Waals surface area (Å²) >= 11 is 0. The van der Waals surface area contributed by atoms with Crippen LogP contribution in [-0.4, -0.2) is 6.04 Å². The third-order valence-electron chi connectivity index (χ3n) is 2.15. The molecule has 1 aliphatic heterocycles. The van der Waals surface area contributed by atoms with Gasteiger partial charge in [-0.3, -0.25) is 4.84 Å². The lowest BCUT2D eigenvalue weighted by Crippen LogP contribution is -2.14. The van der Waals surface area contributed by atoms with Crippen molar-refractivity contribution >= 4 is 0 Å². The average molecular weight is 163 g/mol. The second-order valence-corrected chi connectivity index (χ2v) is 3.27. The molecule has 0 spiro atoms. The zero-order valence-corrected chi connectivity index (χ0v) is 7.16. The van der Waals surface area contributed by atoms with E-state index in [1.807, 2.05) is 18.2 Å². The first kappa shape index (κ1) is 7.77. The van der Waals surface area contributed by atoms with Crippen molar-refractivity contribution < 1.29 is 4.84 Å². The van der Waals surface area contributed by atoms with Crippen LogP contribution in [0.25, 0.3) is 0 Å². The van der Waals surface area contributed by atoms with Crippen LogP contribution in [0.15, 0.2) is 30.3 Å². The molecular formula is C10H13NO. The minimum atomic E-state index is 0.237. The lowest BCUT2D eigenvalue weighted by Gasteiger charge is -2.06. The Morgan fingerprint density at radius 1 is 1.33 bits per heavy atom. The summed E-state index contributed by atoms with van der Waals surface area (Å²) in [5.74, 6) is 0. The van der Waals surface area contributed by atoms with Crippen molar-refractivity contribution in [2.45, 2.75) is 25.5 Å². The van der Waals surface area contributed by atoms with Gasteiger partial charge in [0.15, 0.2) is 0 Å². The van der Waals surface area contributed by atoms with Crippen LogP contribution >= 0.6 is 0 Å². The van der Waals surface area contributed by atoms with Gasteiger partial charge in [0, 0.05) is 6.04 Å². The molecule has 1 saturated heterocycles. The lowest BCUT2D eigenvalue weighted by molar-refractivity contribution is 0.0270. The summed E-state index contributed by atoms with van der Waals surface area (Å²) in [5.41, 5.74) is 4.23. The fourth-order valence-electron chi connectivity index (χ4n) is 1.49. The Balaban J connectivity index is 2.11. The Labute approximate surface area is 72.5 Å². The summed E-state index contributed by atoms with van der Waals surface area (Å²) in [7, 11) is 0. The fourth-order valence-corrected chi connectivity index (χ4v) is 1.49. The van der Waals surface area contributed by atoms with Gasteiger partial charge in [0.25, 0.3) is 0 Å². The summed E-state index contributed by atoms with van der Waals surface area (Å²) in [4.78, 5) is 5.40. The number of hydroxylamine groups is 1. The van der Waals surface area contributed by atoms with Crippen molar-refractivity contribution in [2.75, 3.05) is 0 Å². The number of benzene rings is 1. The largest absolute Gasteiger partial charge is 0.293 e. The molecule has 1 N–H and O–H groups in total. The molecule has 0 bridgehead atoms. The SMILES string of the molecule is CC1CC(c2ccccc2)ON1. The molecule has 1 aromatic rings. The molecule has 2 rings (SSSR count). The van der Waals surface area contributed by atoms with Crippen LogP contribution in [0.3, 0.4) is 0 Å². The van der Waals surface area contributed by atoms with Crippen LogP contribution < -0.4 is 5.48 Å². The third-order valence-corrected chi connectivity index (χ3v) is 2.15. The van der Waals surface area contributed by atoms with Crippen molar-refractivity contribution in [3.8, 4) is 0 Å². The zero-order valence-electron chi connectivity index (χ0n) is 7.16. The summed E-state index contributed by atoms with van der Waals surface area (Å²) in [6.07, 6.45) is 1.30. The molecule has 2 heteroatoms. The predicted octanol–water partition coefficient (Wildman–Crippen LogP) is 2.04. The van der Waals surface area contributed by atoms with Crippen molar-refractivity contribution in [3.05, 3.63) is 35.9 Å². The zero-order chi connectivity index (χ0) is 8.39. The van der Waals surface area contributed by atoms with Crippen LogP contribution in [0, 0.1) is 0 Å². The maximum absolute atomic E-state index is 5.40. The van der Waals surface area contributed by atoms with E-state index in [0.717, 1.165) is 6.42 Å². The first-order valence-corrected chi connectivity index (χ1v) is 4.32. The van der Waals surface area contributed by atoms with E-state index in [1.165, 1.54) is 5.56 Å². The number of rotatable bonds is 1. The maximum atomic E-state index is 5.40. The fraction of sp³-hybridized carbons (Fsp3) is 0.400. The van der Waals surface area contributed by atoms with E-state index in [-0.39, 0.29) is 6.10 Å². The van der Waals surface area contributed by atoms with E-state index in [9.17, 15) is 0 Å². The van der Waals surface area contributed by atoms with E-state index >= 15 is 0 Å². The molecule has 0 aliphatic carbocycles. The van der Waals surface area contributed by atoms with Gasteiger partial charge in [-0.15, -0.1) is 0 Å². The number of nitrogens with one attached hydrogen (secondary N) is 1. The molecule has 12 heavy (non-hydrogen) atoms. The Hall–Kier alpha value is -0.860. The monoisotopic (exact) mass is 163 g/mol. The van der Waals surface area contributed by atoms with Gasteiger partial charge in [0.2, 0.25) is 0 Å². The highest BCUT2D eigenvalue weighted by atomic mass is 16.7. The Morgan fingerprint density at radius 2 is 2.08 bits per heavy atom. The Bertz CT molecular complexity index is 247. The van der Waals surface area contributed by atoms with Gasteiger partial charge in [0.05, 0.1) is 0 Å². The standard InChI is InChI=1S/C10H13NO/c1-8-7-10(12-11-8)9-5-3-2-4-6-9/h2-6,8,10-11H,7H2,1H3. The minimum Gasteiger partial charge on any atom is -0.293 e. The molecule has 2 unspecified atom stereocenters. The quantitative estimate of drug-likeness (QED) is 0.684. The highest BCUT2D eigenvalue weighted by Crippen LogP contribution is 2.25. The molecule has 1 fully saturated rings. The molecule has 0 saturated carbocycles. The van der Waals surface area contributed by atoms with Crippen molar-refractivity contribution in [1.82, 2.24) is 5.48 Å². The van der Waals surface area contributed by atoms with Crippen LogP contribution in [0.2, 0.25) is 0 Å². The molecule has 2 atom stereocenters. The summed E-state index contributed by atoms with van der Waals surface area (Å²) < 4.78 is 0. The molecular weight excluding hydrogens is 150 g/mol. The van der Waals surface area contributed by atoms with Gasteiger partial charge in [-0.2, -0.15) is 5.48 Å². The van der Waals surface area contributed by atoms with Gasteiger partial charge in [-0.25, -0.2) is 0 Å². The topological polar surface area (TPSA) is 21.3 Å². The smallest absolute Gasteiger partial charge is 0.106 e. The molecule has 64 valence electrons. The predicted molar refractivity (Wildman–Crippen MR) is 47.5 cm³/mol. The van der Waals surface area contributed by atoms with Crippen molar-refractivity contribution in [1.29, 1.82) is 0 Å². The molecule has 1 aromatic carbocycles. The van der Waals surface area contributed by atoms with E-state index in [1.54, 1.807) is 0 Å². The van der Waals surface area contributed by atoms with Gasteiger partial charge in [0.1, 0.15) is 6.10 Å². The highest BCUT2D eigenvalue weighted by molar-refractivity contribution is 5.18. The number of hydrogen-bond acceptors (Lipinski definition) is 2. The van der Waals surface area contributed by atoms with Crippen molar-refractivity contribution in [2.24, 2.45) is 0 Å². The lowest BCUT2D eigenvalue weighted by atomic mass is 10.0. The molecule has 1 aliphatic rings. The highest BCUT2D eigenvalue weighted by Gasteiger charge is 2.22. The second kappa shape index (κ2) is 3.25. The van der Waals surface area contributed by atoms with E-state index < -0.39 is 0 Å². The van der Waals surface area contributed by atoms with Gasteiger partial charge < -0.3 is 0 Å². The molecule has 1 heterocycles. The normalized spacial score (nSPS) is 29.1. The van der Waals surface area contributed by atoms with Crippen LogP contribution in [0.1, 0.15) is 25.0 Å². The molecule has 2 nitrogen and oxygen atoms in total. The molecule has 0 radical (unpaired) electrons. The second-order valence-electron chi connectivity index (χ2n) is 3.27. The van der Waals surface area contributed by atoms with E-state index in [4.69, 9.17) is 4.84 Å². The first-order valence-electron chi connectivity index (χ1n) is 4.32. The van der Waals surface area contributed by atoms with Crippen LogP contribution in [0.5, 0.6) is 0 Å². The third kappa shape index (κ3) is 1.49. The van der Waals surface area contributed by atoms with Gasteiger partial charge in [-0.1, -0.05) is 30.3 Å². The average Bonchev–Trinajstić information content (AvgIpc) is 2.54. The maximum Gasteiger partial charge on any atom is 0.106 e. The Morgan fingerprint density at radius 3 is 2.67 bits per heavy atom. The van der Waals surface area contributed by atoms with E-state index in [2.05, 4.69) is 24.5 Å². The summed E-state index contributed by atoms with van der Waals surface area (Å²) in [6, 6.07) is 10.8. The summed E-state index contributed by atoms with van der Waals surface area (Å²) in [6.45, 7) is 2.13. The van der Waals surface area contributed by atoms with Crippen molar-refractivity contribution in [3.63, 3.8) is 0 Å². The minimum absolute atomic E-state index is 0.237. The van der Waals surface area contributed by atoms with E-state index in [0.29, 0.717) is 6.04 Å². The Kier molecular flexibility index (Phi) is 2.11. The first-order chi connectivity index (χ1) is 5.86. The van der Waals surface area contributed by atoms with Crippen LogP contribution in [0.4, 0.5) is 0 Å². The molecule has 0 aromatic heterocycles. The van der Waals surface area contributed by atoms with Gasteiger partial charge >= 0.3 is 0 Å².